The van der Waals surface area contributed by atoms with Crippen molar-refractivity contribution in [3.8, 4) is 0 Å². The lowest BCUT2D eigenvalue weighted by Crippen LogP contribution is -2.31. The van der Waals surface area contributed by atoms with Gasteiger partial charge in [0.2, 0.25) is 0 Å². The highest BCUT2D eigenvalue weighted by Gasteiger charge is 2.21. The summed E-state index contributed by atoms with van der Waals surface area (Å²) >= 11 is 0. The Morgan fingerprint density at radius 3 is 2.41 bits per heavy atom. The number of amides is 3. The van der Waals surface area contributed by atoms with Crippen molar-refractivity contribution in [1.82, 2.24) is 20.2 Å². The van der Waals surface area contributed by atoms with Crippen LogP contribution in [0.5, 0.6) is 0 Å². The molecule has 1 heterocycles. The van der Waals surface area contributed by atoms with Gasteiger partial charge in [-0.15, -0.1) is 0 Å². The monoisotopic (exact) mass is 363 g/mol. The topological polar surface area (TPSA) is 102 Å². The molecular formula is C20H21N5O2. The van der Waals surface area contributed by atoms with Crippen molar-refractivity contribution in [2.24, 2.45) is 12.8 Å². The number of nitrogens with one attached hydrogen (secondary N) is 2. The van der Waals surface area contributed by atoms with Crippen LogP contribution in [0.2, 0.25) is 0 Å². The molecule has 7 nitrogen and oxygen atoms in total. The summed E-state index contributed by atoms with van der Waals surface area (Å²) in [6, 6.07) is 15.7. The van der Waals surface area contributed by atoms with E-state index in [0.29, 0.717) is 12.1 Å². The molecule has 0 radical (unpaired) electrons. The molecule has 0 spiro atoms. The average molecular weight is 363 g/mol. The molecular weight excluding hydrogens is 342 g/mol. The maximum Gasteiger partial charge on any atom is 0.312 e. The summed E-state index contributed by atoms with van der Waals surface area (Å²) in [7, 11) is 1.89. The van der Waals surface area contributed by atoms with Gasteiger partial charge in [0.1, 0.15) is 11.9 Å². The van der Waals surface area contributed by atoms with Gasteiger partial charge in [-0.05, 0) is 23.3 Å². The van der Waals surface area contributed by atoms with Gasteiger partial charge in [-0.3, -0.25) is 4.79 Å². The summed E-state index contributed by atoms with van der Waals surface area (Å²) in [4.78, 5) is 27.9. The lowest BCUT2D eigenvalue weighted by atomic mass is 10.0. The van der Waals surface area contributed by atoms with Crippen molar-refractivity contribution in [2.45, 2.75) is 12.6 Å². The summed E-state index contributed by atoms with van der Waals surface area (Å²) in [5, 5.41) is 5.57. The van der Waals surface area contributed by atoms with Crippen LogP contribution < -0.4 is 16.4 Å². The molecule has 7 heteroatoms. The third-order valence-corrected chi connectivity index (χ3v) is 4.21. The second-order valence-electron chi connectivity index (χ2n) is 6.13. The Kier molecular flexibility index (Phi) is 5.51. The smallest absolute Gasteiger partial charge is 0.312 e. The third kappa shape index (κ3) is 4.52. The zero-order chi connectivity index (χ0) is 19.2. The predicted octanol–water partition coefficient (Wildman–Crippen LogP) is 2.11. The second kappa shape index (κ2) is 8.18. The number of benzene rings is 2. The number of imidazole rings is 1. The van der Waals surface area contributed by atoms with Crippen molar-refractivity contribution < 1.29 is 9.59 Å². The van der Waals surface area contributed by atoms with Gasteiger partial charge < -0.3 is 20.9 Å². The maximum atomic E-state index is 12.8. The Morgan fingerprint density at radius 1 is 1.11 bits per heavy atom. The van der Waals surface area contributed by atoms with E-state index >= 15 is 0 Å². The van der Waals surface area contributed by atoms with Crippen LogP contribution >= 0.6 is 0 Å². The molecule has 0 aliphatic heterocycles. The van der Waals surface area contributed by atoms with Crippen LogP contribution in [-0.4, -0.2) is 21.5 Å². The van der Waals surface area contributed by atoms with Crippen molar-refractivity contribution in [3.05, 3.63) is 89.5 Å². The van der Waals surface area contributed by atoms with E-state index in [1.165, 1.54) is 0 Å². The van der Waals surface area contributed by atoms with Crippen molar-refractivity contribution in [1.29, 1.82) is 0 Å². The molecule has 2 aromatic carbocycles. The van der Waals surface area contributed by atoms with E-state index in [0.717, 1.165) is 17.0 Å². The molecule has 0 saturated carbocycles. The van der Waals surface area contributed by atoms with Crippen LogP contribution in [0.4, 0.5) is 4.79 Å². The van der Waals surface area contributed by atoms with E-state index in [9.17, 15) is 9.59 Å². The molecule has 4 N–H and O–H groups in total. The summed E-state index contributed by atoms with van der Waals surface area (Å²) in [6.45, 7) is 0.317. The minimum Gasteiger partial charge on any atom is -0.352 e. The van der Waals surface area contributed by atoms with Crippen molar-refractivity contribution >= 4 is 11.9 Å². The van der Waals surface area contributed by atoms with E-state index in [2.05, 4.69) is 15.6 Å². The average Bonchev–Trinajstić information content (AvgIpc) is 3.11. The first-order valence-corrected chi connectivity index (χ1v) is 8.50. The zero-order valence-corrected chi connectivity index (χ0v) is 14.9. The third-order valence-electron chi connectivity index (χ3n) is 4.21. The fraction of sp³-hybridized carbons (Fsp3) is 0.150. The minimum absolute atomic E-state index is 0.207. The number of urea groups is 1. The predicted molar refractivity (Wildman–Crippen MR) is 102 cm³/mol. The van der Waals surface area contributed by atoms with Crippen LogP contribution in [0.1, 0.15) is 33.4 Å². The summed E-state index contributed by atoms with van der Waals surface area (Å²) in [5.41, 5.74) is 7.39. The second-order valence-corrected chi connectivity index (χ2v) is 6.13. The largest absolute Gasteiger partial charge is 0.352 e. The highest BCUT2D eigenvalue weighted by atomic mass is 16.2. The molecule has 27 heavy (non-hydrogen) atoms. The quantitative estimate of drug-likeness (QED) is 0.625. The molecule has 1 aromatic heterocycles. The van der Waals surface area contributed by atoms with Crippen molar-refractivity contribution in [2.75, 3.05) is 0 Å². The van der Waals surface area contributed by atoms with E-state index < -0.39 is 6.03 Å². The Labute approximate surface area is 157 Å². The number of nitrogens with two attached hydrogens (primary N) is 1. The number of primary amides is 1. The highest BCUT2D eigenvalue weighted by molar-refractivity contribution is 5.94. The number of hydrogen-bond acceptors (Lipinski definition) is 3. The lowest BCUT2D eigenvalue weighted by molar-refractivity contribution is 0.0941. The van der Waals surface area contributed by atoms with Gasteiger partial charge in [0, 0.05) is 31.5 Å². The number of hydrogen-bond donors (Lipinski definition) is 3. The molecule has 138 valence electrons. The van der Waals surface area contributed by atoms with Crippen LogP contribution in [0.25, 0.3) is 0 Å². The van der Waals surface area contributed by atoms with Gasteiger partial charge in [-0.1, -0.05) is 42.5 Å². The van der Waals surface area contributed by atoms with Crippen LogP contribution in [-0.2, 0) is 13.6 Å². The highest BCUT2D eigenvalue weighted by Crippen LogP contribution is 2.21. The number of carbonyl (C=O) groups is 2. The standard InChI is InChI=1S/C20H21N5O2/c1-25-12-11-22-18(25)17(15-5-3-2-4-6-15)24-19(26)16-9-7-14(8-10-16)13-23-20(21)27/h2-12,17H,13H2,1H3,(H,24,26)(H3,21,23,27)/t17-/m0/s1. The molecule has 0 aliphatic rings. The van der Waals surface area contributed by atoms with Gasteiger partial charge in [0.25, 0.3) is 5.91 Å². The Balaban J connectivity index is 1.79. The Hall–Kier alpha value is -3.61. The molecule has 3 rings (SSSR count). The Bertz CT molecular complexity index is 919. The number of aryl methyl sites for hydroxylation is 1. The molecule has 3 amide bonds. The maximum absolute atomic E-state index is 12.8. The zero-order valence-electron chi connectivity index (χ0n) is 14.9. The van der Waals surface area contributed by atoms with Gasteiger partial charge >= 0.3 is 6.03 Å². The van der Waals surface area contributed by atoms with E-state index in [-0.39, 0.29) is 11.9 Å². The van der Waals surface area contributed by atoms with Crippen LogP contribution in [0.3, 0.4) is 0 Å². The summed E-state index contributed by atoms with van der Waals surface area (Å²) < 4.78 is 1.89. The molecule has 3 aromatic rings. The molecule has 0 aliphatic carbocycles. The van der Waals surface area contributed by atoms with Gasteiger partial charge in [-0.2, -0.15) is 0 Å². The van der Waals surface area contributed by atoms with Crippen LogP contribution in [0, 0.1) is 0 Å². The lowest BCUT2D eigenvalue weighted by Gasteiger charge is -2.19. The first kappa shape index (κ1) is 18.2. The van der Waals surface area contributed by atoms with E-state index in [1.807, 2.05) is 48.1 Å². The number of nitrogens with zero attached hydrogens (tertiary/aromatic N) is 2. The number of aromatic nitrogens is 2. The SMILES string of the molecule is Cn1ccnc1[C@@H](NC(=O)c1ccc(CNC(N)=O)cc1)c1ccccc1. The summed E-state index contributed by atoms with van der Waals surface area (Å²) in [6.07, 6.45) is 3.55. The normalized spacial score (nSPS) is 11.6. The van der Waals surface area contributed by atoms with E-state index in [1.54, 1.807) is 30.5 Å². The molecule has 1 atom stereocenters. The number of rotatable bonds is 6. The first-order chi connectivity index (χ1) is 13.0. The fourth-order valence-electron chi connectivity index (χ4n) is 2.78. The van der Waals surface area contributed by atoms with Gasteiger partial charge in [-0.25, -0.2) is 9.78 Å². The van der Waals surface area contributed by atoms with Crippen molar-refractivity contribution in [3.63, 3.8) is 0 Å². The first-order valence-electron chi connectivity index (χ1n) is 8.50. The summed E-state index contributed by atoms with van der Waals surface area (Å²) in [5.74, 6) is 0.540. The van der Waals surface area contributed by atoms with Gasteiger partial charge in [0.15, 0.2) is 0 Å². The Morgan fingerprint density at radius 2 is 1.81 bits per heavy atom. The molecule has 0 saturated heterocycles. The number of carbonyl (C=O) groups excluding carboxylic acids is 2. The van der Waals surface area contributed by atoms with Gasteiger partial charge in [0.05, 0.1) is 0 Å². The minimum atomic E-state index is -0.586. The van der Waals surface area contributed by atoms with E-state index in [4.69, 9.17) is 5.73 Å². The molecule has 0 bridgehead atoms. The van der Waals surface area contributed by atoms with Crippen LogP contribution in [0.15, 0.2) is 67.0 Å². The molecule has 0 fully saturated rings. The fourth-order valence-corrected chi connectivity index (χ4v) is 2.78. The molecule has 0 unspecified atom stereocenters.